The van der Waals surface area contributed by atoms with Gasteiger partial charge in [0.2, 0.25) is 5.82 Å². The molecule has 0 aromatic heterocycles. The molecule has 1 nitrogen and oxygen atoms in total. The molecular formula is C36H40F4O. The van der Waals surface area contributed by atoms with Gasteiger partial charge in [-0.15, -0.1) is 0 Å². The third-order valence-corrected chi connectivity index (χ3v) is 9.40. The highest BCUT2D eigenvalue weighted by Crippen LogP contribution is 2.49. The molecule has 3 aromatic carbocycles. The molecule has 2 saturated carbocycles. The van der Waals surface area contributed by atoms with Crippen LogP contribution >= 0.6 is 0 Å². The molecule has 0 amide bonds. The summed E-state index contributed by atoms with van der Waals surface area (Å²) in [7, 11) is 0. The van der Waals surface area contributed by atoms with Crippen molar-refractivity contribution in [3.05, 3.63) is 90.0 Å². The topological polar surface area (TPSA) is 9.23 Å². The molecule has 41 heavy (non-hydrogen) atoms. The van der Waals surface area contributed by atoms with Gasteiger partial charge < -0.3 is 4.74 Å². The summed E-state index contributed by atoms with van der Waals surface area (Å²) < 4.78 is 65.2. The van der Waals surface area contributed by atoms with Crippen LogP contribution in [0.25, 0.3) is 22.3 Å². The first-order valence-corrected chi connectivity index (χ1v) is 15.2. The predicted molar refractivity (Wildman–Crippen MR) is 158 cm³/mol. The highest BCUT2D eigenvalue weighted by Gasteiger charge is 2.37. The molecule has 5 rings (SSSR count). The van der Waals surface area contributed by atoms with Crippen LogP contribution in [0.1, 0.15) is 82.6 Å². The Bertz CT molecular complexity index is 1350. The molecule has 2 fully saturated rings. The first-order chi connectivity index (χ1) is 19.9. The minimum Gasteiger partial charge on any atom is -0.486 e. The number of fused-ring (bicyclic) bond motifs is 1. The Hall–Kier alpha value is -3.08. The number of unbranched alkanes of at least 4 members (excludes halogenated alkanes) is 2. The van der Waals surface area contributed by atoms with Crippen molar-refractivity contribution in [1.29, 1.82) is 0 Å². The van der Waals surface area contributed by atoms with E-state index in [4.69, 9.17) is 4.74 Å². The Morgan fingerprint density at radius 1 is 0.732 bits per heavy atom. The maximum atomic E-state index is 15.5. The minimum atomic E-state index is -1.08. The van der Waals surface area contributed by atoms with E-state index in [0.717, 1.165) is 31.1 Å². The van der Waals surface area contributed by atoms with Crippen LogP contribution in [-0.2, 0) is 0 Å². The first kappa shape index (κ1) is 29.4. The van der Waals surface area contributed by atoms with Crippen molar-refractivity contribution in [3.8, 4) is 28.0 Å². The second-order valence-electron chi connectivity index (χ2n) is 12.0. The fourth-order valence-electron chi connectivity index (χ4n) is 7.16. The van der Waals surface area contributed by atoms with Gasteiger partial charge in [-0.1, -0.05) is 88.1 Å². The lowest BCUT2D eigenvalue weighted by Crippen LogP contribution is -2.30. The maximum absolute atomic E-state index is 15.5. The van der Waals surface area contributed by atoms with Crippen molar-refractivity contribution in [3.63, 3.8) is 0 Å². The SMILES string of the molecule is C=CCOc1ccc(-c2ccc(-c3ccc(C4CCC5CC(CCCCC)CCC5C4)c(F)c3F)cc2)c(F)c1F. The van der Waals surface area contributed by atoms with E-state index in [1.54, 1.807) is 36.4 Å². The van der Waals surface area contributed by atoms with E-state index in [2.05, 4.69) is 13.5 Å². The van der Waals surface area contributed by atoms with Crippen LogP contribution in [0.4, 0.5) is 17.6 Å². The molecule has 3 aromatic rings. The van der Waals surface area contributed by atoms with E-state index < -0.39 is 23.3 Å². The number of benzene rings is 3. The van der Waals surface area contributed by atoms with Crippen LogP contribution in [0.2, 0.25) is 0 Å². The molecule has 2 aliphatic carbocycles. The largest absolute Gasteiger partial charge is 0.486 e. The summed E-state index contributed by atoms with van der Waals surface area (Å²) in [5.41, 5.74) is 1.62. The Morgan fingerprint density at radius 2 is 1.37 bits per heavy atom. The summed E-state index contributed by atoms with van der Waals surface area (Å²) >= 11 is 0. The summed E-state index contributed by atoms with van der Waals surface area (Å²) in [5, 5.41) is 0. The highest BCUT2D eigenvalue weighted by atomic mass is 19.2. The molecule has 0 spiro atoms. The molecule has 0 saturated heterocycles. The van der Waals surface area contributed by atoms with Crippen LogP contribution in [0.3, 0.4) is 0 Å². The minimum absolute atomic E-state index is 0.0510. The van der Waals surface area contributed by atoms with Gasteiger partial charge in [0, 0.05) is 11.1 Å². The zero-order chi connectivity index (χ0) is 28.9. The summed E-state index contributed by atoms with van der Waals surface area (Å²) in [6, 6.07) is 12.6. The first-order valence-electron chi connectivity index (χ1n) is 15.2. The Balaban J connectivity index is 1.28. The third kappa shape index (κ3) is 6.39. The van der Waals surface area contributed by atoms with Crippen molar-refractivity contribution < 1.29 is 22.3 Å². The lowest BCUT2D eigenvalue weighted by Gasteiger charge is -2.42. The van der Waals surface area contributed by atoms with Gasteiger partial charge in [-0.25, -0.2) is 13.2 Å². The number of halogens is 4. The van der Waals surface area contributed by atoms with Gasteiger partial charge in [-0.05, 0) is 84.6 Å². The predicted octanol–water partition coefficient (Wildman–Crippen LogP) is 11.0. The fraction of sp³-hybridized carbons (Fsp3) is 0.444. The third-order valence-electron chi connectivity index (χ3n) is 9.40. The molecule has 5 heteroatoms. The molecule has 0 N–H and O–H groups in total. The second-order valence-corrected chi connectivity index (χ2v) is 12.0. The van der Waals surface area contributed by atoms with E-state index in [1.165, 1.54) is 63.2 Å². The summed E-state index contributed by atoms with van der Waals surface area (Å²) in [5.74, 6) is -1.68. The fourth-order valence-corrected chi connectivity index (χ4v) is 7.16. The quantitative estimate of drug-likeness (QED) is 0.135. The molecule has 0 radical (unpaired) electrons. The zero-order valence-electron chi connectivity index (χ0n) is 23.9. The Labute approximate surface area is 241 Å². The van der Waals surface area contributed by atoms with Crippen molar-refractivity contribution >= 4 is 0 Å². The molecular weight excluding hydrogens is 524 g/mol. The van der Waals surface area contributed by atoms with Crippen LogP contribution in [0.15, 0.2) is 61.2 Å². The van der Waals surface area contributed by atoms with Crippen molar-refractivity contribution in [1.82, 2.24) is 0 Å². The van der Waals surface area contributed by atoms with Crippen LogP contribution in [0.5, 0.6) is 5.75 Å². The van der Waals surface area contributed by atoms with Gasteiger partial charge in [0.05, 0.1) is 0 Å². The average Bonchev–Trinajstić information content (AvgIpc) is 2.99. The van der Waals surface area contributed by atoms with E-state index in [1.807, 2.05) is 0 Å². The molecule has 2 aliphatic rings. The van der Waals surface area contributed by atoms with E-state index >= 15 is 8.78 Å². The van der Waals surface area contributed by atoms with Crippen molar-refractivity contribution in [2.75, 3.05) is 6.61 Å². The van der Waals surface area contributed by atoms with Gasteiger partial charge in [0.25, 0.3) is 0 Å². The zero-order valence-corrected chi connectivity index (χ0v) is 23.9. The molecule has 0 heterocycles. The van der Waals surface area contributed by atoms with E-state index in [0.29, 0.717) is 22.6 Å². The van der Waals surface area contributed by atoms with Gasteiger partial charge in [-0.2, -0.15) is 4.39 Å². The van der Waals surface area contributed by atoms with Crippen molar-refractivity contribution in [2.45, 2.75) is 77.0 Å². The lowest BCUT2D eigenvalue weighted by atomic mass is 9.63. The Morgan fingerprint density at radius 3 is 2.05 bits per heavy atom. The lowest BCUT2D eigenvalue weighted by molar-refractivity contribution is 0.112. The van der Waals surface area contributed by atoms with E-state index in [9.17, 15) is 8.78 Å². The van der Waals surface area contributed by atoms with Gasteiger partial charge in [-0.3, -0.25) is 0 Å². The average molecular weight is 565 g/mol. The monoisotopic (exact) mass is 564 g/mol. The normalized spacial score (nSPS) is 22.3. The van der Waals surface area contributed by atoms with Crippen LogP contribution in [0, 0.1) is 41.0 Å². The maximum Gasteiger partial charge on any atom is 0.201 e. The van der Waals surface area contributed by atoms with Gasteiger partial charge >= 0.3 is 0 Å². The number of ether oxygens (including phenoxy) is 1. The summed E-state index contributed by atoms with van der Waals surface area (Å²) in [6.07, 6.45) is 13.4. The highest BCUT2D eigenvalue weighted by molar-refractivity contribution is 5.72. The summed E-state index contributed by atoms with van der Waals surface area (Å²) in [6.45, 7) is 5.81. The van der Waals surface area contributed by atoms with Crippen molar-refractivity contribution in [2.24, 2.45) is 17.8 Å². The van der Waals surface area contributed by atoms with Crippen LogP contribution < -0.4 is 4.74 Å². The van der Waals surface area contributed by atoms with E-state index in [-0.39, 0.29) is 29.4 Å². The molecule has 0 bridgehead atoms. The summed E-state index contributed by atoms with van der Waals surface area (Å²) in [4.78, 5) is 0. The molecule has 0 aliphatic heterocycles. The second kappa shape index (κ2) is 13.3. The number of hydrogen-bond acceptors (Lipinski definition) is 1. The Kier molecular flexibility index (Phi) is 9.52. The molecule has 4 unspecified atom stereocenters. The number of hydrogen-bond donors (Lipinski definition) is 0. The number of rotatable bonds is 10. The molecule has 4 atom stereocenters. The van der Waals surface area contributed by atoms with Gasteiger partial charge in [0.1, 0.15) is 6.61 Å². The van der Waals surface area contributed by atoms with Crippen LogP contribution in [-0.4, -0.2) is 6.61 Å². The smallest absolute Gasteiger partial charge is 0.201 e. The van der Waals surface area contributed by atoms with Gasteiger partial charge in [0.15, 0.2) is 23.2 Å². The standard InChI is InChI=1S/C36H40F4O/c1-3-5-6-7-23-8-9-27-22-28(15-14-26(27)21-23)31-17-16-29(33(37)34(31)38)24-10-12-25(13-11-24)30-18-19-32(41-20-4-2)36(40)35(30)39/h4,10-13,16-19,23,26-28H,2-3,5-9,14-15,20-22H2,1H3. The molecule has 218 valence electrons.